The average molecular weight is 374 g/mol. The fraction of sp³-hybridized carbons (Fsp3) is 0.261. The number of benzene rings is 2. The summed E-state index contributed by atoms with van der Waals surface area (Å²) in [5.74, 6) is 0.309. The van der Waals surface area contributed by atoms with Crippen LogP contribution in [0.5, 0.6) is 0 Å². The van der Waals surface area contributed by atoms with Crippen molar-refractivity contribution in [3.05, 3.63) is 83.2 Å². The van der Waals surface area contributed by atoms with Gasteiger partial charge in [0, 0.05) is 25.5 Å². The number of anilines is 2. The number of carbonyl (C=O) groups is 1. The molecule has 0 radical (unpaired) electrons. The van der Waals surface area contributed by atoms with E-state index in [1.54, 1.807) is 12.3 Å². The van der Waals surface area contributed by atoms with E-state index in [4.69, 9.17) is 0 Å². The molecule has 1 aromatic heterocycles. The van der Waals surface area contributed by atoms with Crippen LogP contribution in [0.3, 0.4) is 0 Å². The Morgan fingerprint density at radius 1 is 0.964 bits per heavy atom. The molecule has 144 valence electrons. The van der Waals surface area contributed by atoms with Crippen LogP contribution in [0.25, 0.3) is 0 Å². The van der Waals surface area contributed by atoms with E-state index in [-0.39, 0.29) is 5.91 Å². The number of carbonyl (C=O) groups excluding carboxylic acids is 1. The van der Waals surface area contributed by atoms with Gasteiger partial charge in [-0.2, -0.15) is 0 Å². The van der Waals surface area contributed by atoms with Gasteiger partial charge in [0.25, 0.3) is 5.91 Å². The third kappa shape index (κ3) is 4.55. The molecule has 0 unspecified atom stereocenters. The lowest BCUT2D eigenvalue weighted by atomic mass is 10.0. The second kappa shape index (κ2) is 9.13. The summed E-state index contributed by atoms with van der Waals surface area (Å²) in [6.45, 7) is 4.85. The first-order chi connectivity index (χ1) is 13.6. The first-order valence-corrected chi connectivity index (χ1v) is 9.62. The largest absolute Gasteiger partial charge is 0.340 e. The van der Waals surface area contributed by atoms with Crippen molar-refractivity contribution < 1.29 is 4.79 Å². The number of rotatable bonds is 7. The van der Waals surface area contributed by atoms with Crippen molar-refractivity contribution in [2.75, 3.05) is 17.3 Å². The van der Waals surface area contributed by atoms with Crippen LogP contribution in [0, 0.1) is 0 Å². The zero-order valence-electron chi connectivity index (χ0n) is 16.6. The number of aryl methyl sites for hydroxylation is 2. The van der Waals surface area contributed by atoms with Crippen LogP contribution in [-0.2, 0) is 19.4 Å². The molecule has 1 heterocycles. The van der Waals surface area contributed by atoms with Gasteiger partial charge in [0.15, 0.2) is 0 Å². The Bertz CT molecular complexity index is 918. The summed E-state index contributed by atoms with van der Waals surface area (Å²) >= 11 is 0. The van der Waals surface area contributed by atoms with Crippen LogP contribution in [0.4, 0.5) is 11.6 Å². The summed E-state index contributed by atoms with van der Waals surface area (Å²) in [6, 6.07) is 17.9. The molecule has 0 aliphatic carbocycles. The molecule has 0 bridgehead atoms. The van der Waals surface area contributed by atoms with Gasteiger partial charge in [-0.1, -0.05) is 62.4 Å². The zero-order valence-corrected chi connectivity index (χ0v) is 16.6. The number of para-hydroxylation sites is 1. The summed E-state index contributed by atoms with van der Waals surface area (Å²) in [6.07, 6.45) is 3.35. The second-order valence-electron chi connectivity index (χ2n) is 6.70. The first-order valence-electron chi connectivity index (χ1n) is 9.62. The fourth-order valence-corrected chi connectivity index (χ4v) is 3.17. The molecule has 2 aromatic carbocycles. The van der Waals surface area contributed by atoms with E-state index in [0.29, 0.717) is 18.2 Å². The Labute approximate surface area is 166 Å². The van der Waals surface area contributed by atoms with Crippen LogP contribution in [-0.4, -0.2) is 22.9 Å². The first kappa shape index (κ1) is 19.5. The van der Waals surface area contributed by atoms with Gasteiger partial charge in [0.1, 0.15) is 5.69 Å². The number of hydrogen-bond acceptors (Lipinski definition) is 4. The van der Waals surface area contributed by atoms with Crippen molar-refractivity contribution in [3.8, 4) is 0 Å². The highest BCUT2D eigenvalue weighted by Gasteiger charge is 2.15. The molecule has 1 amide bonds. The molecule has 0 fully saturated rings. The van der Waals surface area contributed by atoms with E-state index in [0.717, 1.165) is 35.2 Å². The van der Waals surface area contributed by atoms with Gasteiger partial charge in [0.05, 0.1) is 0 Å². The highest BCUT2D eigenvalue weighted by molar-refractivity contribution is 6.03. The van der Waals surface area contributed by atoms with Gasteiger partial charge >= 0.3 is 0 Å². The number of hydrogen-bond donors (Lipinski definition) is 1. The molecule has 0 atom stereocenters. The molecular formula is C23H26N4O. The number of aromatic nitrogens is 2. The minimum Gasteiger partial charge on any atom is -0.340 e. The van der Waals surface area contributed by atoms with Crippen LogP contribution >= 0.6 is 0 Å². The van der Waals surface area contributed by atoms with Gasteiger partial charge < -0.3 is 10.2 Å². The average Bonchev–Trinajstić information content (AvgIpc) is 2.74. The molecule has 0 saturated carbocycles. The summed E-state index contributed by atoms with van der Waals surface area (Å²) in [7, 11) is 1.92. The normalized spacial score (nSPS) is 10.5. The van der Waals surface area contributed by atoms with Crippen molar-refractivity contribution in [1.82, 2.24) is 9.97 Å². The maximum Gasteiger partial charge on any atom is 0.274 e. The van der Waals surface area contributed by atoms with Gasteiger partial charge in [-0.15, -0.1) is 0 Å². The fourth-order valence-electron chi connectivity index (χ4n) is 3.17. The molecule has 5 heteroatoms. The highest BCUT2D eigenvalue weighted by atomic mass is 16.1. The number of nitrogens with one attached hydrogen (secondary N) is 1. The lowest BCUT2D eigenvalue weighted by molar-refractivity contribution is 0.102. The van der Waals surface area contributed by atoms with Crippen molar-refractivity contribution >= 4 is 17.5 Å². The monoisotopic (exact) mass is 374 g/mol. The lowest BCUT2D eigenvalue weighted by Crippen LogP contribution is -2.22. The molecule has 0 aliphatic heterocycles. The van der Waals surface area contributed by atoms with E-state index < -0.39 is 0 Å². The summed E-state index contributed by atoms with van der Waals surface area (Å²) in [5, 5.41) is 3.07. The van der Waals surface area contributed by atoms with Crippen molar-refractivity contribution in [2.24, 2.45) is 0 Å². The predicted octanol–water partition coefficient (Wildman–Crippen LogP) is 4.49. The van der Waals surface area contributed by atoms with Crippen LogP contribution in [0.15, 0.2) is 60.8 Å². The molecule has 5 nitrogen and oxygen atoms in total. The molecule has 0 saturated heterocycles. The Hall–Kier alpha value is -3.21. The Balaban J connectivity index is 1.79. The lowest BCUT2D eigenvalue weighted by Gasteiger charge is -2.18. The minimum atomic E-state index is -0.215. The minimum absolute atomic E-state index is 0.215. The van der Waals surface area contributed by atoms with Gasteiger partial charge in [-0.25, -0.2) is 9.97 Å². The summed E-state index contributed by atoms with van der Waals surface area (Å²) in [5.41, 5.74) is 4.67. The highest BCUT2D eigenvalue weighted by Crippen LogP contribution is 2.23. The van der Waals surface area contributed by atoms with Gasteiger partial charge in [0.2, 0.25) is 5.95 Å². The second-order valence-corrected chi connectivity index (χ2v) is 6.70. The van der Waals surface area contributed by atoms with E-state index in [9.17, 15) is 4.79 Å². The molecule has 0 spiro atoms. The molecule has 0 aliphatic rings. The Morgan fingerprint density at radius 2 is 1.64 bits per heavy atom. The maximum absolute atomic E-state index is 12.9. The van der Waals surface area contributed by atoms with Crippen molar-refractivity contribution in [1.29, 1.82) is 0 Å². The van der Waals surface area contributed by atoms with Gasteiger partial charge in [-0.3, -0.25) is 4.79 Å². The Kier molecular flexibility index (Phi) is 6.37. The number of nitrogens with zero attached hydrogens (tertiary/aromatic N) is 3. The smallest absolute Gasteiger partial charge is 0.274 e. The standard InChI is InChI=1S/C23H26N4O/c1-4-18-12-9-13-19(5-2)21(18)26-22(28)20-14-15-24-23(25-20)27(3)16-17-10-7-6-8-11-17/h6-15H,4-5,16H2,1-3H3,(H,26,28). The summed E-state index contributed by atoms with van der Waals surface area (Å²) in [4.78, 5) is 23.6. The van der Waals surface area contributed by atoms with E-state index in [1.165, 1.54) is 0 Å². The SMILES string of the molecule is CCc1cccc(CC)c1NC(=O)c1ccnc(N(C)Cc2ccccc2)n1. The molecule has 3 aromatic rings. The summed E-state index contributed by atoms with van der Waals surface area (Å²) < 4.78 is 0. The topological polar surface area (TPSA) is 58.1 Å². The zero-order chi connectivity index (χ0) is 19.9. The van der Waals surface area contributed by atoms with E-state index in [2.05, 4.69) is 41.3 Å². The quantitative estimate of drug-likeness (QED) is 0.662. The molecular weight excluding hydrogens is 348 g/mol. The predicted molar refractivity (Wildman–Crippen MR) is 114 cm³/mol. The number of amides is 1. The van der Waals surface area contributed by atoms with Crippen LogP contribution < -0.4 is 10.2 Å². The maximum atomic E-state index is 12.9. The molecule has 3 rings (SSSR count). The third-order valence-electron chi connectivity index (χ3n) is 4.72. The van der Waals surface area contributed by atoms with E-state index >= 15 is 0 Å². The van der Waals surface area contributed by atoms with Crippen LogP contribution in [0.1, 0.15) is 41.0 Å². The third-order valence-corrected chi connectivity index (χ3v) is 4.72. The van der Waals surface area contributed by atoms with Gasteiger partial charge in [-0.05, 0) is 35.6 Å². The van der Waals surface area contributed by atoms with E-state index in [1.807, 2.05) is 48.3 Å². The molecule has 28 heavy (non-hydrogen) atoms. The Morgan fingerprint density at radius 3 is 2.29 bits per heavy atom. The van der Waals surface area contributed by atoms with Crippen LogP contribution in [0.2, 0.25) is 0 Å². The van der Waals surface area contributed by atoms with Crippen molar-refractivity contribution in [2.45, 2.75) is 33.2 Å². The van der Waals surface area contributed by atoms with Crippen molar-refractivity contribution in [3.63, 3.8) is 0 Å². The molecule has 1 N–H and O–H groups in total.